The monoisotopic (exact) mass is 324 g/mol. The fourth-order valence-corrected chi connectivity index (χ4v) is 0.284. The maximum absolute atomic E-state index is 9.88. The number of nitrogens with one attached hydrogen (secondary N) is 1. The van der Waals surface area contributed by atoms with Crippen LogP contribution in [0, 0.1) is 37.7 Å². The molecule has 1 aliphatic heterocycles. The maximum Gasteiger partial charge on any atom is 0.374 e. The van der Waals surface area contributed by atoms with Crippen LogP contribution in [0.15, 0.2) is 0 Å². The molecule has 38 valence electrons. The minimum absolute atomic E-state index is 0. The van der Waals surface area contributed by atoms with E-state index in [9.17, 15) is 4.79 Å². The number of ether oxygens (including phenoxy) is 1. The SMILES string of the molecule is O=C1N[CH-]CO1.[U]. The summed E-state index contributed by atoms with van der Waals surface area (Å²) in [5.74, 6) is 0. The Morgan fingerprint density at radius 2 is 2.57 bits per heavy atom. The van der Waals surface area contributed by atoms with Gasteiger partial charge >= 0.3 is 6.09 Å². The first-order valence-corrected chi connectivity index (χ1v) is 1.64. The summed E-state index contributed by atoms with van der Waals surface area (Å²) in [4.78, 5) is 9.88. The first-order valence-electron chi connectivity index (χ1n) is 1.64. The van der Waals surface area contributed by atoms with Gasteiger partial charge in [-0.2, -0.15) is 0 Å². The maximum atomic E-state index is 9.88. The fourth-order valence-electron chi connectivity index (χ4n) is 0.284. The van der Waals surface area contributed by atoms with Gasteiger partial charge in [-0.05, 0) is 6.61 Å². The molecular formula is C3H4NO2U-. The summed E-state index contributed by atoms with van der Waals surface area (Å²) in [5.41, 5.74) is 0. The van der Waals surface area contributed by atoms with Gasteiger partial charge in [0.1, 0.15) is 0 Å². The number of rotatable bonds is 0. The largest absolute Gasteiger partial charge is 0.483 e. The number of carbonyl (C=O) groups excluding carboxylic acids is 1. The second-order valence-corrected chi connectivity index (χ2v) is 0.947. The smallest absolute Gasteiger partial charge is 0.374 e. The summed E-state index contributed by atoms with van der Waals surface area (Å²) < 4.78 is 4.35. The van der Waals surface area contributed by atoms with Gasteiger partial charge < -0.3 is 10.1 Å². The van der Waals surface area contributed by atoms with Crippen LogP contribution in [-0.2, 0) is 4.74 Å². The molecule has 0 radical (unpaired) electrons. The average molecular weight is 324 g/mol. The molecule has 1 saturated heterocycles. The molecule has 1 amide bonds. The van der Waals surface area contributed by atoms with Crippen LogP contribution >= 0.6 is 0 Å². The van der Waals surface area contributed by atoms with Crippen molar-refractivity contribution in [1.82, 2.24) is 5.32 Å². The topological polar surface area (TPSA) is 38.3 Å². The quantitative estimate of drug-likeness (QED) is 0.632. The minimum atomic E-state index is -0.352. The molecule has 4 heteroatoms. The molecule has 0 aromatic rings. The van der Waals surface area contributed by atoms with Crippen molar-refractivity contribution in [3.05, 3.63) is 6.54 Å². The van der Waals surface area contributed by atoms with Crippen molar-refractivity contribution < 1.29 is 40.6 Å². The molecule has 1 rings (SSSR count). The molecule has 1 N–H and O–H groups in total. The number of hydrogen-bond acceptors (Lipinski definition) is 2. The third-order valence-electron chi connectivity index (χ3n) is 0.518. The van der Waals surface area contributed by atoms with Gasteiger partial charge in [-0.25, -0.2) is 11.3 Å². The Morgan fingerprint density at radius 1 is 1.86 bits per heavy atom. The number of carbonyl (C=O) groups is 1. The average Bonchev–Trinajstić information content (AvgIpc) is 1.86. The third-order valence-corrected chi connectivity index (χ3v) is 0.518. The van der Waals surface area contributed by atoms with Crippen LogP contribution < -0.4 is 5.32 Å². The molecule has 1 aliphatic rings. The van der Waals surface area contributed by atoms with E-state index in [0.717, 1.165) is 0 Å². The number of alkyl carbamates (subject to hydrolysis) is 1. The summed E-state index contributed by atoms with van der Waals surface area (Å²) >= 11 is 0. The zero-order chi connectivity index (χ0) is 4.41. The van der Waals surface area contributed by atoms with Crippen LogP contribution in [0.2, 0.25) is 0 Å². The molecular weight excluding hydrogens is 320 g/mol. The van der Waals surface area contributed by atoms with E-state index in [1.165, 1.54) is 0 Å². The summed E-state index contributed by atoms with van der Waals surface area (Å²) in [6, 6.07) is 0. The molecule has 0 saturated carbocycles. The van der Waals surface area contributed by atoms with Gasteiger partial charge in [-0.15, -0.1) is 0 Å². The Kier molecular flexibility index (Phi) is 3.49. The summed E-state index contributed by atoms with van der Waals surface area (Å²) in [7, 11) is 0. The van der Waals surface area contributed by atoms with E-state index in [0.29, 0.717) is 6.61 Å². The molecule has 1 fully saturated rings. The van der Waals surface area contributed by atoms with Gasteiger partial charge in [0.05, 0.1) is 0 Å². The second kappa shape index (κ2) is 3.34. The van der Waals surface area contributed by atoms with Crippen molar-refractivity contribution in [2.24, 2.45) is 0 Å². The molecule has 0 bridgehead atoms. The number of hydrogen-bond donors (Lipinski definition) is 1. The van der Waals surface area contributed by atoms with E-state index in [2.05, 4.69) is 10.1 Å². The van der Waals surface area contributed by atoms with Gasteiger partial charge in [-0.1, -0.05) is 0 Å². The van der Waals surface area contributed by atoms with Gasteiger partial charge in [-0.3, -0.25) is 0 Å². The Hall–Kier alpha value is 0.322. The van der Waals surface area contributed by atoms with Crippen LogP contribution in [0.4, 0.5) is 4.79 Å². The van der Waals surface area contributed by atoms with Crippen LogP contribution in [0.1, 0.15) is 0 Å². The molecule has 3 nitrogen and oxygen atoms in total. The van der Waals surface area contributed by atoms with Crippen molar-refractivity contribution >= 4 is 6.09 Å². The molecule has 0 aromatic carbocycles. The van der Waals surface area contributed by atoms with Crippen LogP contribution in [-0.4, -0.2) is 12.7 Å². The van der Waals surface area contributed by atoms with Crippen LogP contribution in [0.25, 0.3) is 0 Å². The molecule has 0 aromatic heterocycles. The summed E-state index contributed by atoms with van der Waals surface area (Å²) in [6.45, 7) is 1.96. The fraction of sp³-hybridized carbons (Fsp3) is 0.333. The molecule has 0 spiro atoms. The van der Waals surface area contributed by atoms with E-state index in [-0.39, 0.29) is 37.2 Å². The van der Waals surface area contributed by atoms with Crippen molar-refractivity contribution in [2.45, 2.75) is 0 Å². The summed E-state index contributed by atoms with van der Waals surface area (Å²) in [5, 5.41) is 2.33. The van der Waals surface area contributed by atoms with Gasteiger partial charge in [0.15, 0.2) is 0 Å². The van der Waals surface area contributed by atoms with Gasteiger partial charge in [0, 0.05) is 31.1 Å². The Labute approximate surface area is 65.2 Å². The van der Waals surface area contributed by atoms with Gasteiger partial charge in [0.25, 0.3) is 0 Å². The third kappa shape index (κ3) is 2.20. The van der Waals surface area contributed by atoms with Crippen molar-refractivity contribution in [1.29, 1.82) is 0 Å². The predicted octanol–water partition coefficient (Wildman–Crippen LogP) is -0.112. The molecule has 0 unspecified atom stereocenters. The van der Waals surface area contributed by atoms with Crippen molar-refractivity contribution in [3.8, 4) is 0 Å². The van der Waals surface area contributed by atoms with Crippen molar-refractivity contribution in [3.63, 3.8) is 0 Å². The first kappa shape index (κ1) is 7.32. The minimum Gasteiger partial charge on any atom is -0.483 e. The Morgan fingerprint density at radius 3 is 2.71 bits per heavy atom. The van der Waals surface area contributed by atoms with Gasteiger partial charge in [0.2, 0.25) is 0 Å². The van der Waals surface area contributed by atoms with E-state index in [1.807, 2.05) is 0 Å². The zero-order valence-corrected chi connectivity index (χ0v) is 7.76. The van der Waals surface area contributed by atoms with E-state index >= 15 is 0 Å². The van der Waals surface area contributed by atoms with E-state index < -0.39 is 0 Å². The van der Waals surface area contributed by atoms with Crippen molar-refractivity contribution in [2.75, 3.05) is 6.61 Å². The second-order valence-electron chi connectivity index (χ2n) is 0.947. The molecule has 1 heterocycles. The first-order chi connectivity index (χ1) is 2.89. The van der Waals surface area contributed by atoms with E-state index in [1.54, 1.807) is 6.54 Å². The Bertz CT molecular complexity index is 67.3. The standard InChI is InChI=1S/C3H4NO2.U/c5-3-4-1-2-6-3;/h1H,2H2,(H,4,5);/q-1;. The Balaban J connectivity index is 0.000000360. The summed E-state index contributed by atoms with van der Waals surface area (Å²) in [6.07, 6.45) is -0.352. The molecule has 0 aliphatic carbocycles. The number of cyclic esters (lactones) is 1. The van der Waals surface area contributed by atoms with E-state index in [4.69, 9.17) is 0 Å². The van der Waals surface area contributed by atoms with Crippen LogP contribution in [0.3, 0.4) is 0 Å². The molecule has 0 atom stereocenters. The normalized spacial score (nSPS) is 16.9. The predicted molar refractivity (Wildman–Crippen MR) is 18.8 cm³/mol. The molecule has 7 heavy (non-hydrogen) atoms. The van der Waals surface area contributed by atoms with Crippen LogP contribution in [0.5, 0.6) is 0 Å². The zero-order valence-electron chi connectivity index (χ0n) is 3.60. The number of amides is 1.